The van der Waals surface area contributed by atoms with Gasteiger partial charge in [0.25, 0.3) is 0 Å². The maximum atomic E-state index is 8.80. The van der Waals surface area contributed by atoms with Crippen LogP contribution in [-0.2, 0) is 6.61 Å². The van der Waals surface area contributed by atoms with Gasteiger partial charge in [0.1, 0.15) is 5.76 Å². The SMILES string of the molecule is Cc1ccc(-c2ncc(CO)[nH]2)o1. The van der Waals surface area contributed by atoms with Gasteiger partial charge in [-0.25, -0.2) is 4.98 Å². The molecule has 13 heavy (non-hydrogen) atoms. The summed E-state index contributed by atoms with van der Waals surface area (Å²) in [6, 6.07) is 3.71. The molecule has 0 radical (unpaired) electrons. The Balaban J connectivity index is 2.35. The van der Waals surface area contributed by atoms with Crippen molar-refractivity contribution in [3.05, 3.63) is 29.8 Å². The normalized spacial score (nSPS) is 10.6. The highest BCUT2D eigenvalue weighted by molar-refractivity contribution is 5.47. The predicted molar refractivity (Wildman–Crippen MR) is 46.9 cm³/mol. The monoisotopic (exact) mass is 178 g/mol. The Kier molecular flexibility index (Phi) is 1.90. The fourth-order valence-electron chi connectivity index (χ4n) is 1.13. The van der Waals surface area contributed by atoms with Gasteiger partial charge in [-0.2, -0.15) is 0 Å². The summed E-state index contributed by atoms with van der Waals surface area (Å²) in [6.45, 7) is 1.84. The molecule has 2 aromatic heterocycles. The molecule has 2 heterocycles. The Bertz CT molecular complexity index is 403. The summed E-state index contributed by atoms with van der Waals surface area (Å²) in [5, 5.41) is 8.80. The lowest BCUT2D eigenvalue weighted by molar-refractivity contribution is 0.277. The molecule has 0 saturated carbocycles. The van der Waals surface area contributed by atoms with Gasteiger partial charge in [0.15, 0.2) is 11.6 Å². The minimum atomic E-state index is -0.0350. The average molecular weight is 178 g/mol. The molecule has 2 N–H and O–H groups in total. The smallest absolute Gasteiger partial charge is 0.173 e. The molecule has 2 rings (SSSR count). The van der Waals surface area contributed by atoms with E-state index in [0.29, 0.717) is 17.3 Å². The van der Waals surface area contributed by atoms with Gasteiger partial charge in [0, 0.05) is 0 Å². The van der Waals surface area contributed by atoms with Crippen LogP contribution in [0.1, 0.15) is 11.5 Å². The summed E-state index contributed by atoms with van der Waals surface area (Å²) >= 11 is 0. The predicted octanol–water partition coefficient (Wildman–Crippen LogP) is 1.47. The minimum absolute atomic E-state index is 0.0350. The molecule has 0 saturated heterocycles. The van der Waals surface area contributed by atoms with Crippen molar-refractivity contribution in [2.24, 2.45) is 0 Å². The van der Waals surface area contributed by atoms with Crippen LogP contribution in [-0.4, -0.2) is 15.1 Å². The Morgan fingerprint density at radius 3 is 2.92 bits per heavy atom. The second-order valence-corrected chi connectivity index (χ2v) is 2.83. The van der Waals surface area contributed by atoms with E-state index in [1.54, 1.807) is 6.20 Å². The molecule has 68 valence electrons. The van der Waals surface area contributed by atoms with E-state index >= 15 is 0 Å². The number of aliphatic hydroxyl groups is 1. The fraction of sp³-hybridized carbons (Fsp3) is 0.222. The van der Waals surface area contributed by atoms with Crippen molar-refractivity contribution in [1.82, 2.24) is 9.97 Å². The van der Waals surface area contributed by atoms with Crippen molar-refractivity contribution < 1.29 is 9.52 Å². The molecule has 0 aliphatic rings. The van der Waals surface area contributed by atoms with E-state index in [1.165, 1.54) is 0 Å². The fourth-order valence-corrected chi connectivity index (χ4v) is 1.13. The first-order valence-corrected chi connectivity index (χ1v) is 4.01. The lowest BCUT2D eigenvalue weighted by atomic mass is 10.4. The van der Waals surface area contributed by atoms with Crippen LogP contribution in [0.2, 0.25) is 0 Å². The van der Waals surface area contributed by atoms with E-state index in [2.05, 4.69) is 9.97 Å². The zero-order chi connectivity index (χ0) is 9.26. The van der Waals surface area contributed by atoms with Crippen LogP contribution in [0.5, 0.6) is 0 Å². The van der Waals surface area contributed by atoms with Gasteiger partial charge >= 0.3 is 0 Å². The molecular formula is C9H10N2O2. The molecule has 0 spiro atoms. The van der Waals surface area contributed by atoms with E-state index in [9.17, 15) is 0 Å². The quantitative estimate of drug-likeness (QED) is 0.732. The van der Waals surface area contributed by atoms with Crippen LogP contribution in [0.4, 0.5) is 0 Å². The first kappa shape index (κ1) is 8.07. The summed E-state index contributed by atoms with van der Waals surface area (Å²) in [7, 11) is 0. The number of aryl methyl sites for hydroxylation is 1. The molecule has 0 aromatic carbocycles. The highest BCUT2D eigenvalue weighted by atomic mass is 16.3. The van der Waals surface area contributed by atoms with Crippen molar-refractivity contribution in [1.29, 1.82) is 0 Å². The molecule has 0 bridgehead atoms. The van der Waals surface area contributed by atoms with Crippen molar-refractivity contribution in [2.75, 3.05) is 0 Å². The number of H-pyrrole nitrogens is 1. The number of aliphatic hydroxyl groups excluding tert-OH is 1. The van der Waals surface area contributed by atoms with Crippen molar-refractivity contribution >= 4 is 0 Å². The summed E-state index contributed by atoms with van der Waals surface area (Å²) in [6.07, 6.45) is 1.59. The number of hydrogen-bond acceptors (Lipinski definition) is 3. The molecule has 0 aliphatic carbocycles. The summed E-state index contributed by atoms with van der Waals surface area (Å²) in [4.78, 5) is 7.00. The van der Waals surface area contributed by atoms with E-state index in [-0.39, 0.29) is 6.61 Å². The topological polar surface area (TPSA) is 62.1 Å². The van der Waals surface area contributed by atoms with Crippen LogP contribution in [0.3, 0.4) is 0 Å². The molecule has 0 unspecified atom stereocenters. The Morgan fingerprint density at radius 1 is 1.54 bits per heavy atom. The molecule has 0 aliphatic heterocycles. The Labute approximate surface area is 75.2 Å². The molecule has 0 atom stereocenters. The Morgan fingerprint density at radius 2 is 2.38 bits per heavy atom. The van der Waals surface area contributed by atoms with Crippen LogP contribution in [0, 0.1) is 6.92 Å². The van der Waals surface area contributed by atoms with Crippen molar-refractivity contribution in [3.8, 4) is 11.6 Å². The molecule has 4 nitrogen and oxygen atoms in total. The molecular weight excluding hydrogens is 168 g/mol. The van der Waals surface area contributed by atoms with Gasteiger partial charge in [-0.3, -0.25) is 0 Å². The van der Waals surface area contributed by atoms with Gasteiger partial charge < -0.3 is 14.5 Å². The van der Waals surface area contributed by atoms with E-state index in [0.717, 1.165) is 5.76 Å². The van der Waals surface area contributed by atoms with Gasteiger partial charge in [-0.15, -0.1) is 0 Å². The summed E-state index contributed by atoms with van der Waals surface area (Å²) in [5.74, 6) is 2.19. The van der Waals surface area contributed by atoms with Crippen molar-refractivity contribution in [3.63, 3.8) is 0 Å². The average Bonchev–Trinajstić information content (AvgIpc) is 2.71. The molecule has 2 aromatic rings. The van der Waals surface area contributed by atoms with Crippen LogP contribution in [0.15, 0.2) is 22.7 Å². The molecule has 0 fully saturated rings. The second-order valence-electron chi connectivity index (χ2n) is 2.83. The van der Waals surface area contributed by atoms with Crippen LogP contribution in [0.25, 0.3) is 11.6 Å². The number of furan rings is 1. The zero-order valence-electron chi connectivity index (χ0n) is 7.24. The van der Waals surface area contributed by atoms with Gasteiger partial charge in [0.05, 0.1) is 18.5 Å². The van der Waals surface area contributed by atoms with Gasteiger partial charge in [-0.1, -0.05) is 0 Å². The number of imidazole rings is 1. The van der Waals surface area contributed by atoms with Crippen molar-refractivity contribution in [2.45, 2.75) is 13.5 Å². The van der Waals surface area contributed by atoms with Crippen LogP contribution >= 0.6 is 0 Å². The van der Waals surface area contributed by atoms with Gasteiger partial charge in [-0.05, 0) is 19.1 Å². The number of aromatic nitrogens is 2. The third-order valence-corrected chi connectivity index (χ3v) is 1.77. The maximum Gasteiger partial charge on any atom is 0.173 e. The van der Waals surface area contributed by atoms with E-state index in [1.807, 2.05) is 19.1 Å². The van der Waals surface area contributed by atoms with E-state index < -0.39 is 0 Å². The summed E-state index contributed by atoms with van der Waals surface area (Å²) < 4.78 is 5.35. The maximum absolute atomic E-state index is 8.80. The lowest BCUT2D eigenvalue weighted by Crippen LogP contribution is -1.81. The first-order chi connectivity index (χ1) is 6.29. The third kappa shape index (κ3) is 1.48. The highest BCUT2D eigenvalue weighted by Gasteiger charge is 2.05. The first-order valence-electron chi connectivity index (χ1n) is 4.01. The van der Waals surface area contributed by atoms with Gasteiger partial charge in [0.2, 0.25) is 0 Å². The minimum Gasteiger partial charge on any atom is -0.458 e. The largest absolute Gasteiger partial charge is 0.458 e. The number of rotatable bonds is 2. The van der Waals surface area contributed by atoms with E-state index in [4.69, 9.17) is 9.52 Å². The number of aromatic amines is 1. The Hall–Kier alpha value is -1.55. The highest BCUT2D eigenvalue weighted by Crippen LogP contribution is 2.18. The zero-order valence-corrected chi connectivity index (χ0v) is 7.24. The second kappa shape index (κ2) is 3.06. The molecule has 4 heteroatoms. The number of nitrogens with one attached hydrogen (secondary N) is 1. The molecule has 0 amide bonds. The summed E-state index contributed by atoms with van der Waals surface area (Å²) in [5.41, 5.74) is 0.684. The third-order valence-electron chi connectivity index (χ3n) is 1.77. The van der Waals surface area contributed by atoms with Crippen LogP contribution < -0.4 is 0 Å². The number of hydrogen-bond donors (Lipinski definition) is 2. The standard InChI is InChI=1S/C9H10N2O2/c1-6-2-3-8(13-6)9-10-4-7(5-12)11-9/h2-4,12H,5H2,1H3,(H,10,11). The number of nitrogens with zero attached hydrogens (tertiary/aromatic N) is 1. The lowest BCUT2D eigenvalue weighted by Gasteiger charge is -1.89.